The fraction of sp³-hybridized carbons (Fsp3) is 0. The van der Waals surface area contributed by atoms with Crippen LogP contribution in [0.1, 0.15) is 11.1 Å². The average molecular weight is 277 g/mol. The van der Waals surface area contributed by atoms with Gasteiger partial charge in [-0.25, -0.2) is 5.84 Å². The molecule has 2 aromatic carbocycles. The summed E-state index contributed by atoms with van der Waals surface area (Å²) in [7, 11) is 0. The largest absolute Gasteiger partial charge is 0.382 e. The van der Waals surface area contributed by atoms with Gasteiger partial charge in [0.05, 0.1) is 17.3 Å². The first-order chi connectivity index (χ1) is 10.2. The first-order valence-corrected chi connectivity index (χ1v) is 6.31. The van der Waals surface area contributed by atoms with Crippen molar-refractivity contribution >= 4 is 17.6 Å². The van der Waals surface area contributed by atoms with Gasteiger partial charge in [0.2, 0.25) is 0 Å². The second kappa shape index (κ2) is 6.89. The van der Waals surface area contributed by atoms with E-state index in [-0.39, 0.29) is 5.84 Å². The minimum absolute atomic E-state index is 0.267. The van der Waals surface area contributed by atoms with Crippen molar-refractivity contribution in [2.75, 3.05) is 5.12 Å². The first-order valence-electron chi connectivity index (χ1n) is 6.31. The maximum absolute atomic E-state index is 8.85. The highest BCUT2D eigenvalue weighted by atomic mass is 15.6. The number of hydrogen-bond acceptors (Lipinski definition) is 4. The molecule has 0 atom stereocenters. The molecule has 0 bridgehead atoms. The fourth-order valence-electron chi connectivity index (χ4n) is 1.68. The molecule has 0 aliphatic carbocycles. The van der Waals surface area contributed by atoms with E-state index >= 15 is 0 Å². The Labute approximate surface area is 123 Å². The van der Waals surface area contributed by atoms with Crippen molar-refractivity contribution in [2.45, 2.75) is 0 Å². The SMILES string of the molecule is N#Cc1cccc(N(N)/N=C(N)/C=C/c2ccccc2)c1. The number of nitriles is 1. The van der Waals surface area contributed by atoms with Crippen molar-refractivity contribution in [1.82, 2.24) is 0 Å². The van der Waals surface area contributed by atoms with Crippen molar-refractivity contribution in [3.63, 3.8) is 0 Å². The van der Waals surface area contributed by atoms with E-state index in [2.05, 4.69) is 5.10 Å². The highest BCUT2D eigenvalue weighted by molar-refractivity contribution is 5.95. The quantitative estimate of drug-likeness (QED) is 0.388. The van der Waals surface area contributed by atoms with E-state index in [9.17, 15) is 0 Å². The third kappa shape index (κ3) is 4.20. The van der Waals surface area contributed by atoms with E-state index < -0.39 is 0 Å². The molecule has 2 aromatic rings. The van der Waals surface area contributed by atoms with E-state index in [0.29, 0.717) is 11.3 Å². The minimum Gasteiger partial charge on any atom is -0.382 e. The van der Waals surface area contributed by atoms with Crippen LogP contribution in [0.15, 0.2) is 65.8 Å². The molecule has 0 aliphatic heterocycles. The molecule has 4 N–H and O–H groups in total. The Balaban J connectivity index is 2.11. The van der Waals surface area contributed by atoms with Crippen molar-refractivity contribution < 1.29 is 0 Å². The lowest BCUT2D eigenvalue weighted by molar-refractivity contribution is 0.923. The molecule has 0 amide bonds. The van der Waals surface area contributed by atoms with Gasteiger partial charge in [-0.2, -0.15) is 10.4 Å². The van der Waals surface area contributed by atoms with E-state index in [1.54, 1.807) is 30.3 Å². The summed E-state index contributed by atoms with van der Waals surface area (Å²) in [5, 5.41) is 14.0. The Morgan fingerprint density at radius 2 is 1.90 bits per heavy atom. The summed E-state index contributed by atoms with van der Waals surface area (Å²) in [5.74, 6) is 6.08. The predicted molar refractivity (Wildman–Crippen MR) is 84.9 cm³/mol. The molecule has 2 rings (SSSR count). The first kappa shape index (κ1) is 14.3. The maximum Gasteiger partial charge on any atom is 0.145 e. The monoisotopic (exact) mass is 277 g/mol. The number of hydrazone groups is 1. The number of benzene rings is 2. The van der Waals surface area contributed by atoms with E-state index in [4.69, 9.17) is 16.8 Å². The van der Waals surface area contributed by atoms with Gasteiger partial charge in [0.1, 0.15) is 5.84 Å². The van der Waals surface area contributed by atoms with E-state index in [0.717, 1.165) is 10.7 Å². The van der Waals surface area contributed by atoms with Crippen LogP contribution >= 0.6 is 0 Å². The van der Waals surface area contributed by atoms with Gasteiger partial charge in [0.25, 0.3) is 0 Å². The van der Waals surface area contributed by atoms with E-state index in [1.165, 1.54) is 0 Å². The Bertz CT molecular complexity index is 698. The number of rotatable bonds is 4. The van der Waals surface area contributed by atoms with Crippen LogP contribution in [0.3, 0.4) is 0 Å². The van der Waals surface area contributed by atoms with Gasteiger partial charge < -0.3 is 5.73 Å². The topological polar surface area (TPSA) is 91.4 Å². The summed E-state index contributed by atoms with van der Waals surface area (Å²) in [6.07, 6.45) is 3.52. The lowest BCUT2D eigenvalue weighted by Gasteiger charge is -2.12. The van der Waals surface area contributed by atoms with Gasteiger partial charge in [0.15, 0.2) is 0 Å². The van der Waals surface area contributed by atoms with Crippen LogP contribution in [0.2, 0.25) is 0 Å². The highest BCUT2D eigenvalue weighted by Gasteiger charge is 2.01. The van der Waals surface area contributed by atoms with Gasteiger partial charge in [-0.1, -0.05) is 42.5 Å². The number of hydrazine groups is 1. The maximum atomic E-state index is 8.85. The molecule has 5 nitrogen and oxygen atoms in total. The van der Waals surface area contributed by atoms with Crippen molar-refractivity contribution in [3.8, 4) is 6.07 Å². The minimum atomic E-state index is 0.267. The Kier molecular flexibility index (Phi) is 4.70. The molecule has 0 saturated carbocycles. The van der Waals surface area contributed by atoms with Crippen LogP contribution in [0.4, 0.5) is 5.69 Å². The normalized spacial score (nSPS) is 11.3. The zero-order valence-corrected chi connectivity index (χ0v) is 11.3. The second-order valence-corrected chi connectivity index (χ2v) is 4.28. The fourth-order valence-corrected chi connectivity index (χ4v) is 1.68. The molecule has 0 heterocycles. The number of nitrogens with zero attached hydrogens (tertiary/aromatic N) is 3. The van der Waals surface area contributed by atoms with Crippen LogP contribution in [0, 0.1) is 11.3 Å². The Morgan fingerprint density at radius 3 is 2.62 bits per heavy atom. The molecule has 104 valence electrons. The van der Waals surface area contributed by atoms with Gasteiger partial charge in [-0.15, -0.1) is 5.10 Å². The second-order valence-electron chi connectivity index (χ2n) is 4.28. The molecule has 0 saturated heterocycles. The van der Waals surface area contributed by atoms with Crippen LogP contribution in [0.25, 0.3) is 6.08 Å². The van der Waals surface area contributed by atoms with Gasteiger partial charge in [0, 0.05) is 0 Å². The third-order valence-corrected chi connectivity index (χ3v) is 2.71. The van der Waals surface area contributed by atoms with E-state index in [1.807, 2.05) is 42.5 Å². The lowest BCUT2D eigenvalue weighted by Crippen LogP contribution is -2.28. The zero-order chi connectivity index (χ0) is 15.1. The number of anilines is 1. The number of hydrogen-bond donors (Lipinski definition) is 2. The summed E-state index contributed by atoms with van der Waals surface area (Å²) in [4.78, 5) is 0. The summed E-state index contributed by atoms with van der Waals surface area (Å²) in [6, 6.07) is 18.6. The molecule has 21 heavy (non-hydrogen) atoms. The highest BCUT2D eigenvalue weighted by Crippen LogP contribution is 2.13. The van der Waals surface area contributed by atoms with Crippen LogP contribution < -0.4 is 16.7 Å². The molecule has 0 spiro atoms. The van der Waals surface area contributed by atoms with Gasteiger partial charge >= 0.3 is 0 Å². The molecular weight excluding hydrogens is 262 g/mol. The summed E-state index contributed by atoms with van der Waals surface area (Å²) in [6.45, 7) is 0. The molecule has 0 aliphatic rings. The molecule has 0 unspecified atom stereocenters. The molecule has 5 heteroatoms. The average Bonchev–Trinajstić information content (AvgIpc) is 2.54. The van der Waals surface area contributed by atoms with Crippen molar-refractivity contribution in [3.05, 3.63) is 71.8 Å². The predicted octanol–water partition coefficient (Wildman–Crippen LogP) is 2.22. The van der Waals surface area contributed by atoms with Crippen LogP contribution in [0.5, 0.6) is 0 Å². The summed E-state index contributed by atoms with van der Waals surface area (Å²) in [5.41, 5.74) is 7.92. The molecule has 0 fully saturated rings. The van der Waals surface area contributed by atoms with Crippen LogP contribution in [-0.4, -0.2) is 5.84 Å². The summed E-state index contributed by atoms with van der Waals surface area (Å²) < 4.78 is 0. The number of nitrogens with two attached hydrogens (primary N) is 2. The summed E-state index contributed by atoms with van der Waals surface area (Å²) >= 11 is 0. The molecule has 0 aromatic heterocycles. The van der Waals surface area contributed by atoms with Crippen molar-refractivity contribution in [2.24, 2.45) is 16.7 Å². The number of amidine groups is 1. The third-order valence-electron chi connectivity index (χ3n) is 2.71. The molecule has 0 radical (unpaired) electrons. The van der Waals surface area contributed by atoms with Gasteiger partial charge in [-0.3, -0.25) is 0 Å². The van der Waals surface area contributed by atoms with Gasteiger partial charge in [-0.05, 0) is 29.8 Å². The molecular formula is C16H15N5. The Hall–Kier alpha value is -3.10. The lowest BCUT2D eigenvalue weighted by atomic mass is 10.2. The zero-order valence-electron chi connectivity index (χ0n) is 11.3. The smallest absolute Gasteiger partial charge is 0.145 e. The van der Waals surface area contributed by atoms with Crippen molar-refractivity contribution in [1.29, 1.82) is 5.26 Å². The van der Waals surface area contributed by atoms with Crippen LogP contribution in [-0.2, 0) is 0 Å². The Morgan fingerprint density at radius 1 is 1.14 bits per heavy atom. The standard InChI is InChI=1S/C16H15N5/c17-12-14-7-4-8-15(11-14)21(19)20-16(18)10-9-13-5-2-1-3-6-13/h1-11H,19H2,(H2,18,20)/b10-9+.